The van der Waals surface area contributed by atoms with E-state index in [-0.39, 0.29) is 0 Å². The van der Waals surface area contributed by atoms with E-state index in [9.17, 15) is 0 Å². The highest BCUT2D eigenvalue weighted by molar-refractivity contribution is 5.40. The lowest BCUT2D eigenvalue weighted by Crippen LogP contribution is -2.12. The van der Waals surface area contributed by atoms with Gasteiger partial charge in [0.1, 0.15) is 12.4 Å². The van der Waals surface area contributed by atoms with Crippen molar-refractivity contribution < 1.29 is 4.74 Å². The zero-order chi connectivity index (χ0) is 13.9. The number of rotatable bonds is 5. The summed E-state index contributed by atoms with van der Waals surface area (Å²) in [5.41, 5.74) is 3.94. The molecule has 0 aliphatic heterocycles. The number of nitrogens with one attached hydrogen (secondary N) is 1. The van der Waals surface area contributed by atoms with Crippen LogP contribution in [0.5, 0.6) is 5.75 Å². The van der Waals surface area contributed by atoms with E-state index in [1.165, 1.54) is 17.5 Å². The Balaban J connectivity index is 1.67. The van der Waals surface area contributed by atoms with E-state index >= 15 is 0 Å². The van der Waals surface area contributed by atoms with Crippen LogP contribution in [0.4, 0.5) is 0 Å². The lowest BCUT2D eigenvalue weighted by molar-refractivity contribution is 0.306. The van der Waals surface area contributed by atoms with Gasteiger partial charge in [0.05, 0.1) is 6.20 Å². The molecule has 106 valence electrons. The van der Waals surface area contributed by atoms with Crippen molar-refractivity contribution in [2.24, 2.45) is 0 Å². The molecule has 0 spiro atoms. The Kier molecular flexibility index (Phi) is 3.74. The van der Waals surface area contributed by atoms with Crippen LogP contribution < -0.4 is 10.1 Å². The fourth-order valence-corrected chi connectivity index (χ4v) is 2.80. The molecule has 1 N–H and O–H groups in total. The highest BCUT2D eigenvalue weighted by atomic mass is 16.5. The number of benzene rings is 1. The second-order valence-corrected chi connectivity index (χ2v) is 5.23. The number of aryl methyl sites for hydroxylation is 2. The molecule has 1 heterocycles. The van der Waals surface area contributed by atoms with Crippen molar-refractivity contribution >= 4 is 0 Å². The molecule has 3 rings (SSSR count). The average Bonchev–Trinajstić information content (AvgIpc) is 3.10. The van der Waals surface area contributed by atoms with Crippen LogP contribution in [0.25, 0.3) is 0 Å². The third-order valence-electron chi connectivity index (χ3n) is 3.96. The molecule has 1 unspecified atom stereocenters. The SMILES string of the molecule is CCn1cc(COc2ccc3c(c2)CCC3NC)cn1. The molecule has 0 saturated carbocycles. The summed E-state index contributed by atoms with van der Waals surface area (Å²) in [7, 11) is 2.02. The lowest BCUT2D eigenvalue weighted by atomic mass is 10.1. The Morgan fingerprint density at radius 1 is 1.45 bits per heavy atom. The number of hydrogen-bond donors (Lipinski definition) is 1. The molecular weight excluding hydrogens is 250 g/mol. The van der Waals surface area contributed by atoms with E-state index < -0.39 is 0 Å². The van der Waals surface area contributed by atoms with Gasteiger partial charge in [-0.25, -0.2) is 0 Å². The molecule has 0 fully saturated rings. The number of hydrogen-bond acceptors (Lipinski definition) is 3. The second kappa shape index (κ2) is 5.67. The Morgan fingerprint density at radius 3 is 3.10 bits per heavy atom. The zero-order valence-electron chi connectivity index (χ0n) is 12.1. The number of ether oxygens (including phenoxy) is 1. The minimum Gasteiger partial charge on any atom is -0.489 e. The molecule has 0 saturated heterocycles. The van der Waals surface area contributed by atoms with Crippen LogP contribution in [0.3, 0.4) is 0 Å². The van der Waals surface area contributed by atoms with Crippen LogP contribution in [0, 0.1) is 0 Å². The maximum atomic E-state index is 5.87. The fraction of sp³-hybridized carbons (Fsp3) is 0.438. The Hall–Kier alpha value is -1.81. The van der Waals surface area contributed by atoms with Gasteiger partial charge in [0.2, 0.25) is 0 Å². The largest absolute Gasteiger partial charge is 0.489 e. The van der Waals surface area contributed by atoms with E-state index in [2.05, 4.69) is 35.5 Å². The minimum atomic E-state index is 0.502. The van der Waals surface area contributed by atoms with Gasteiger partial charge in [-0.1, -0.05) is 6.07 Å². The molecule has 4 nitrogen and oxygen atoms in total. The summed E-state index contributed by atoms with van der Waals surface area (Å²) in [5, 5.41) is 7.61. The van der Waals surface area contributed by atoms with Crippen LogP contribution in [0.15, 0.2) is 30.6 Å². The predicted molar refractivity (Wildman–Crippen MR) is 78.8 cm³/mol. The van der Waals surface area contributed by atoms with Gasteiger partial charge >= 0.3 is 0 Å². The van der Waals surface area contributed by atoms with Crippen molar-refractivity contribution in [2.75, 3.05) is 7.05 Å². The van der Waals surface area contributed by atoms with Gasteiger partial charge in [-0.05, 0) is 50.1 Å². The van der Waals surface area contributed by atoms with Gasteiger partial charge in [-0.3, -0.25) is 4.68 Å². The van der Waals surface area contributed by atoms with Crippen LogP contribution in [0.1, 0.15) is 36.1 Å². The maximum Gasteiger partial charge on any atom is 0.120 e. The van der Waals surface area contributed by atoms with Crippen LogP contribution in [-0.4, -0.2) is 16.8 Å². The Bertz CT molecular complexity index is 591. The third kappa shape index (κ3) is 2.56. The molecule has 1 aromatic heterocycles. The minimum absolute atomic E-state index is 0.502. The average molecular weight is 271 g/mol. The van der Waals surface area contributed by atoms with Crippen molar-refractivity contribution in [3.8, 4) is 5.75 Å². The van der Waals surface area contributed by atoms with Crippen LogP contribution in [-0.2, 0) is 19.6 Å². The molecule has 1 aliphatic carbocycles. The van der Waals surface area contributed by atoms with Crippen molar-refractivity contribution in [1.82, 2.24) is 15.1 Å². The Morgan fingerprint density at radius 2 is 2.35 bits per heavy atom. The van der Waals surface area contributed by atoms with E-state index in [0.717, 1.165) is 24.3 Å². The fourth-order valence-electron chi connectivity index (χ4n) is 2.80. The quantitative estimate of drug-likeness (QED) is 0.908. The van der Waals surface area contributed by atoms with Crippen molar-refractivity contribution in [2.45, 2.75) is 39.0 Å². The summed E-state index contributed by atoms with van der Waals surface area (Å²) in [6.07, 6.45) is 6.21. The van der Waals surface area contributed by atoms with Crippen molar-refractivity contribution in [3.05, 3.63) is 47.3 Å². The molecule has 1 atom stereocenters. The van der Waals surface area contributed by atoms with Crippen molar-refractivity contribution in [3.63, 3.8) is 0 Å². The summed E-state index contributed by atoms with van der Waals surface area (Å²) in [6.45, 7) is 3.55. The topological polar surface area (TPSA) is 39.1 Å². The van der Waals surface area contributed by atoms with Gasteiger partial charge in [0.15, 0.2) is 0 Å². The van der Waals surface area contributed by atoms with Gasteiger partial charge in [0, 0.05) is 24.3 Å². The molecule has 2 aromatic rings. The normalized spacial score (nSPS) is 17.2. The molecule has 0 bridgehead atoms. The number of aromatic nitrogens is 2. The molecule has 0 amide bonds. The van der Waals surface area contributed by atoms with Gasteiger partial charge < -0.3 is 10.1 Å². The van der Waals surface area contributed by atoms with Crippen LogP contribution in [0.2, 0.25) is 0 Å². The summed E-state index contributed by atoms with van der Waals surface area (Å²) < 4.78 is 7.79. The third-order valence-corrected chi connectivity index (χ3v) is 3.96. The molecule has 1 aliphatic rings. The van der Waals surface area contributed by atoms with Gasteiger partial charge in [-0.2, -0.15) is 5.10 Å². The molecule has 0 radical (unpaired) electrons. The zero-order valence-corrected chi connectivity index (χ0v) is 12.1. The summed E-state index contributed by atoms with van der Waals surface area (Å²) in [5.74, 6) is 0.949. The van der Waals surface area contributed by atoms with E-state index in [1.807, 2.05) is 24.1 Å². The maximum absolute atomic E-state index is 5.87. The first-order valence-corrected chi connectivity index (χ1v) is 7.24. The Labute approximate surface area is 119 Å². The molecule has 4 heteroatoms. The standard InChI is InChI=1S/C16H21N3O/c1-3-19-10-12(9-18-19)11-20-14-5-6-15-13(8-14)4-7-16(15)17-2/h5-6,8-10,16-17H,3-4,7,11H2,1-2H3. The second-order valence-electron chi connectivity index (χ2n) is 5.23. The first-order valence-electron chi connectivity index (χ1n) is 7.24. The summed E-state index contributed by atoms with van der Waals surface area (Å²) in [4.78, 5) is 0. The highest BCUT2D eigenvalue weighted by Gasteiger charge is 2.21. The first kappa shape index (κ1) is 13.2. The smallest absolute Gasteiger partial charge is 0.120 e. The monoisotopic (exact) mass is 271 g/mol. The molecular formula is C16H21N3O. The predicted octanol–water partition coefficient (Wildman–Crippen LogP) is 2.69. The first-order chi connectivity index (χ1) is 9.80. The van der Waals surface area contributed by atoms with Crippen LogP contribution >= 0.6 is 0 Å². The lowest BCUT2D eigenvalue weighted by Gasteiger charge is -2.11. The number of fused-ring (bicyclic) bond motifs is 1. The summed E-state index contributed by atoms with van der Waals surface area (Å²) >= 11 is 0. The van der Waals surface area contributed by atoms with E-state index in [4.69, 9.17) is 4.74 Å². The number of nitrogens with zero attached hydrogens (tertiary/aromatic N) is 2. The molecule has 20 heavy (non-hydrogen) atoms. The highest BCUT2D eigenvalue weighted by Crippen LogP contribution is 2.33. The van der Waals surface area contributed by atoms with Gasteiger partial charge in [0.25, 0.3) is 0 Å². The van der Waals surface area contributed by atoms with E-state index in [0.29, 0.717) is 12.6 Å². The van der Waals surface area contributed by atoms with E-state index in [1.54, 1.807) is 0 Å². The van der Waals surface area contributed by atoms with Gasteiger partial charge in [-0.15, -0.1) is 0 Å². The summed E-state index contributed by atoms with van der Waals surface area (Å²) in [6, 6.07) is 6.94. The molecule has 1 aromatic carbocycles. The van der Waals surface area contributed by atoms with Crippen molar-refractivity contribution in [1.29, 1.82) is 0 Å².